The Bertz CT molecular complexity index is 664. The van der Waals surface area contributed by atoms with Crippen molar-refractivity contribution in [2.45, 2.75) is 19.5 Å². The molecular formula is C16H18FN3O2. The van der Waals surface area contributed by atoms with Crippen molar-refractivity contribution in [3.63, 3.8) is 0 Å². The van der Waals surface area contributed by atoms with E-state index in [0.29, 0.717) is 19.0 Å². The monoisotopic (exact) mass is 303 g/mol. The van der Waals surface area contributed by atoms with Gasteiger partial charge in [0.1, 0.15) is 6.33 Å². The molecule has 0 saturated heterocycles. The van der Waals surface area contributed by atoms with Gasteiger partial charge in [-0.1, -0.05) is 6.07 Å². The van der Waals surface area contributed by atoms with Crippen LogP contribution in [-0.4, -0.2) is 35.6 Å². The Kier molecular flexibility index (Phi) is 4.20. The summed E-state index contributed by atoms with van der Waals surface area (Å²) in [5.41, 5.74) is 2.96. The predicted octanol–water partition coefficient (Wildman–Crippen LogP) is 2.19. The van der Waals surface area contributed by atoms with Crippen LogP contribution in [0.1, 0.15) is 16.8 Å². The number of nitrogens with zero attached hydrogens (tertiary/aromatic N) is 3. The smallest absolute Gasteiger partial charge is 0.220 e. The lowest BCUT2D eigenvalue weighted by Crippen LogP contribution is -2.31. The van der Waals surface area contributed by atoms with Crippen LogP contribution in [0, 0.1) is 5.82 Å². The van der Waals surface area contributed by atoms with Crippen molar-refractivity contribution in [2.24, 2.45) is 0 Å². The Balaban J connectivity index is 1.76. The second-order valence-corrected chi connectivity index (χ2v) is 5.24. The third-order valence-electron chi connectivity index (χ3n) is 3.86. The van der Waals surface area contributed by atoms with E-state index in [9.17, 15) is 4.39 Å². The van der Waals surface area contributed by atoms with Crippen LogP contribution in [0.5, 0.6) is 11.6 Å². The fourth-order valence-corrected chi connectivity index (χ4v) is 2.75. The van der Waals surface area contributed by atoms with E-state index in [4.69, 9.17) is 9.47 Å². The Labute approximate surface area is 128 Å². The minimum Gasteiger partial charge on any atom is -0.494 e. The van der Waals surface area contributed by atoms with Crippen LogP contribution < -0.4 is 9.47 Å². The molecule has 0 spiro atoms. The normalized spacial score (nSPS) is 14.5. The highest BCUT2D eigenvalue weighted by atomic mass is 19.1. The number of benzene rings is 1. The van der Waals surface area contributed by atoms with E-state index in [2.05, 4.69) is 14.9 Å². The number of fused-ring (bicyclic) bond motifs is 1. The summed E-state index contributed by atoms with van der Waals surface area (Å²) in [6.07, 6.45) is 2.37. The highest BCUT2D eigenvalue weighted by Gasteiger charge is 2.21. The lowest BCUT2D eigenvalue weighted by atomic mass is 10.1. The number of halogens is 1. The Hall–Kier alpha value is -2.21. The largest absolute Gasteiger partial charge is 0.494 e. The zero-order chi connectivity index (χ0) is 15.5. The van der Waals surface area contributed by atoms with Gasteiger partial charge in [0.25, 0.3) is 0 Å². The molecule has 116 valence electrons. The molecule has 0 aliphatic carbocycles. The molecule has 6 heteroatoms. The molecule has 1 aliphatic rings. The molecule has 0 unspecified atom stereocenters. The van der Waals surface area contributed by atoms with Crippen LogP contribution in [0.25, 0.3) is 0 Å². The molecule has 22 heavy (non-hydrogen) atoms. The van der Waals surface area contributed by atoms with Crippen molar-refractivity contribution in [2.75, 3.05) is 20.8 Å². The molecule has 2 aromatic rings. The molecule has 0 N–H and O–H groups in total. The van der Waals surface area contributed by atoms with Gasteiger partial charge in [-0.15, -0.1) is 0 Å². The van der Waals surface area contributed by atoms with Crippen molar-refractivity contribution in [3.05, 3.63) is 47.2 Å². The second kappa shape index (κ2) is 6.27. The summed E-state index contributed by atoms with van der Waals surface area (Å²) in [6.45, 7) is 2.24. The molecule has 1 aromatic heterocycles. The van der Waals surface area contributed by atoms with E-state index < -0.39 is 0 Å². The standard InChI is InChI=1S/C16H18FN3O2/c1-21-15-4-3-11(7-13(15)17)8-20-6-5-14-12(9-20)16(22-2)19-10-18-14/h3-4,7,10H,5-6,8-9H2,1-2H3. The van der Waals surface area contributed by atoms with Crippen LogP contribution in [-0.2, 0) is 19.5 Å². The Morgan fingerprint density at radius 1 is 1.23 bits per heavy atom. The molecule has 3 rings (SSSR count). The lowest BCUT2D eigenvalue weighted by molar-refractivity contribution is 0.235. The van der Waals surface area contributed by atoms with Gasteiger partial charge in [-0.2, -0.15) is 0 Å². The molecule has 0 bridgehead atoms. The van der Waals surface area contributed by atoms with Gasteiger partial charge in [-0.05, 0) is 17.7 Å². The number of hydrogen-bond donors (Lipinski definition) is 0. The first-order chi connectivity index (χ1) is 10.7. The number of aromatic nitrogens is 2. The fraction of sp³-hybridized carbons (Fsp3) is 0.375. The maximum absolute atomic E-state index is 13.8. The van der Waals surface area contributed by atoms with Crippen molar-refractivity contribution >= 4 is 0 Å². The molecule has 0 amide bonds. The average Bonchev–Trinajstić information content (AvgIpc) is 2.54. The van der Waals surface area contributed by atoms with Gasteiger partial charge in [-0.25, -0.2) is 14.4 Å². The minimum atomic E-state index is -0.335. The van der Waals surface area contributed by atoms with Crippen LogP contribution in [0.3, 0.4) is 0 Å². The maximum atomic E-state index is 13.8. The third kappa shape index (κ3) is 2.87. The molecule has 0 fully saturated rings. The van der Waals surface area contributed by atoms with Gasteiger partial charge >= 0.3 is 0 Å². The zero-order valence-electron chi connectivity index (χ0n) is 12.7. The molecule has 1 aliphatic heterocycles. The minimum absolute atomic E-state index is 0.266. The van der Waals surface area contributed by atoms with Gasteiger partial charge in [0.05, 0.1) is 19.9 Å². The first kappa shape index (κ1) is 14.7. The summed E-state index contributed by atoms with van der Waals surface area (Å²) in [6, 6.07) is 5.06. The molecular weight excluding hydrogens is 285 g/mol. The van der Waals surface area contributed by atoms with Crippen LogP contribution in [0.15, 0.2) is 24.5 Å². The quantitative estimate of drug-likeness (QED) is 0.866. The number of ether oxygens (including phenoxy) is 2. The van der Waals surface area contributed by atoms with Gasteiger partial charge < -0.3 is 9.47 Å². The molecule has 1 aromatic carbocycles. The first-order valence-corrected chi connectivity index (χ1v) is 7.12. The average molecular weight is 303 g/mol. The highest BCUT2D eigenvalue weighted by molar-refractivity contribution is 5.32. The molecule has 2 heterocycles. The fourth-order valence-electron chi connectivity index (χ4n) is 2.75. The van der Waals surface area contributed by atoms with E-state index >= 15 is 0 Å². The van der Waals surface area contributed by atoms with Crippen LogP contribution >= 0.6 is 0 Å². The summed E-state index contributed by atoms with van der Waals surface area (Å²) < 4.78 is 24.0. The predicted molar refractivity (Wildman–Crippen MR) is 79.4 cm³/mol. The summed E-state index contributed by atoms with van der Waals surface area (Å²) >= 11 is 0. The Morgan fingerprint density at radius 2 is 2.09 bits per heavy atom. The van der Waals surface area contributed by atoms with Crippen molar-refractivity contribution in [1.29, 1.82) is 0 Å². The Morgan fingerprint density at radius 3 is 2.82 bits per heavy atom. The highest BCUT2D eigenvalue weighted by Crippen LogP contribution is 2.26. The van der Waals surface area contributed by atoms with E-state index in [0.717, 1.165) is 29.8 Å². The van der Waals surface area contributed by atoms with Gasteiger partial charge in [0, 0.05) is 31.6 Å². The second-order valence-electron chi connectivity index (χ2n) is 5.24. The van der Waals surface area contributed by atoms with Gasteiger partial charge in [0.15, 0.2) is 11.6 Å². The van der Waals surface area contributed by atoms with Gasteiger partial charge in [-0.3, -0.25) is 4.90 Å². The topological polar surface area (TPSA) is 47.5 Å². The summed E-state index contributed by atoms with van der Waals surface area (Å²) in [5, 5.41) is 0. The summed E-state index contributed by atoms with van der Waals surface area (Å²) in [7, 11) is 3.08. The van der Waals surface area contributed by atoms with E-state index in [1.807, 2.05) is 6.07 Å². The maximum Gasteiger partial charge on any atom is 0.220 e. The summed E-state index contributed by atoms with van der Waals surface area (Å²) in [4.78, 5) is 10.7. The number of hydrogen-bond acceptors (Lipinski definition) is 5. The zero-order valence-corrected chi connectivity index (χ0v) is 12.7. The van der Waals surface area contributed by atoms with Gasteiger partial charge in [0.2, 0.25) is 5.88 Å². The van der Waals surface area contributed by atoms with Crippen molar-refractivity contribution in [3.8, 4) is 11.6 Å². The number of rotatable bonds is 4. The van der Waals surface area contributed by atoms with Crippen LogP contribution in [0.4, 0.5) is 4.39 Å². The number of methoxy groups -OCH3 is 2. The summed E-state index contributed by atoms with van der Waals surface area (Å²) in [5.74, 6) is 0.553. The van der Waals surface area contributed by atoms with Crippen molar-refractivity contribution < 1.29 is 13.9 Å². The SMILES string of the molecule is COc1ccc(CN2CCc3ncnc(OC)c3C2)cc1F. The van der Waals surface area contributed by atoms with Crippen LogP contribution in [0.2, 0.25) is 0 Å². The lowest BCUT2D eigenvalue weighted by Gasteiger charge is -2.28. The third-order valence-corrected chi connectivity index (χ3v) is 3.86. The van der Waals surface area contributed by atoms with E-state index in [-0.39, 0.29) is 11.6 Å². The van der Waals surface area contributed by atoms with E-state index in [1.54, 1.807) is 13.2 Å². The van der Waals surface area contributed by atoms with E-state index in [1.165, 1.54) is 19.5 Å². The molecule has 0 radical (unpaired) electrons. The first-order valence-electron chi connectivity index (χ1n) is 7.12. The molecule has 0 saturated carbocycles. The van der Waals surface area contributed by atoms with Crippen molar-refractivity contribution in [1.82, 2.24) is 14.9 Å². The molecule has 5 nitrogen and oxygen atoms in total. The molecule has 0 atom stereocenters.